The molecular weight excluding hydrogens is 292 g/mol. The van der Waals surface area contributed by atoms with E-state index in [-0.39, 0.29) is 40.9 Å². The van der Waals surface area contributed by atoms with E-state index in [0.717, 1.165) is 17.9 Å². The first-order valence-electron chi connectivity index (χ1n) is 8.06. The number of carbonyl (C=O) groups is 3. The minimum atomic E-state index is -0.422. The van der Waals surface area contributed by atoms with Crippen LogP contribution in [0.15, 0.2) is 42.5 Å². The van der Waals surface area contributed by atoms with E-state index < -0.39 is 5.91 Å². The van der Waals surface area contributed by atoms with E-state index in [0.29, 0.717) is 5.56 Å². The van der Waals surface area contributed by atoms with E-state index in [1.807, 2.05) is 6.07 Å². The van der Waals surface area contributed by atoms with E-state index in [9.17, 15) is 14.4 Å². The summed E-state index contributed by atoms with van der Waals surface area (Å²) in [6.45, 7) is 0. The van der Waals surface area contributed by atoms with Gasteiger partial charge in [0, 0.05) is 5.56 Å². The van der Waals surface area contributed by atoms with Crippen molar-refractivity contribution in [1.82, 2.24) is 10.4 Å². The number of hydrazine groups is 1. The van der Waals surface area contributed by atoms with Gasteiger partial charge in [-0.25, -0.2) is 0 Å². The van der Waals surface area contributed by atoms with Gasteiger partial charge in [-0.1, -0.05) is 30.4 Å². The van der Waals surface area contributed by atoms with Gasteiger partial charge in [0.25, 0.3) is 17.7 Å². The topological polar surface area (TPSA) is 66.5 Å². The summed E-state index contributed by atoms with van der Waals surface area (Å²) in [5.74, 6) is -1.12. The van der Waals surface area contributed by atoms with E-state index in [1.165, 1.54) is 0 Å². The molecule has 1 saturated heterocycles. The van der Waals surface area contributed by atoms with Crippen molar-refractivity contribution in [3.8, 4) is 0 Å². The smallest absolute Gasteiger partial charge is 0.270 e. The van der Waals surface area contributed by atoms with Gasteiger partial charge in [-0.15, -0.1) is 0 Å². The Hall–Kier alpha value is -2.43. The number of hydrogen-bond donors (Lipinski definition) is 1. The minimum absolute atomic E-state index is 0.174. The summed E-state index contributed by atoms with van der Waals surface area (Å²) >= 11 is 0. The van der Waals surface area contributed by atoms with Crippen molar-refractivity contribution >= 4 is 17.7 Å². The molecule has 1 heterocycles. The summed E-state index contributed by atoms with van der Waals surface area (Å²) < 4.78 is 0. The first kappa shape index (κ1) is 13.0. The van der Waals surface area contributed by atoms with Gasteiger partial charge in [-0.3, -0.25) is 19.8 Å². The summed E-state index contributed by atoms with van der Waals surface area (Å²) in [5, 5.41) is 0.965. The second-order valence-electron chi connectivity index (χ2n) is 7.04. The molecule has 1 aliphatic heterocycles. The number of hydrogen-bond acceptors (Lipinski definition) is 3. The van der Waals surface area contributed by atoms with Crippen LogP contribution in [-0.2, 0) is 9.59 Å². The number of rotatable bonds is 2. The number of amides is 3. The Balaban J connectivity index is 1.42. The number of allylic oxidation sites excluding steroid dienone is 2. The molecule has 5 heteroatoms. The van der Waals surface area contributed by atoms with Gasteiger partial charge in [0.2, 0.25) is 0 Å². The molecule has 3 amide bonds. The maximum Gasteiger partial charge on any atom is 0.270 e. The molecule has 1 N–H and O–H groups in total. The van der Waals surface area contributed by atoms with E-state index in [4.69, 9.17) is 0 Å². The number of benzene rings is 1. The van der Waals surface area contributed by atoms with Crippen LogP contribution < -0.4 is 5.43 Å². The van der Waals surface area contributed by atoms with Gasteiger partial charge in [-0.2, -0.15) is 5.01 Å². The summed E-state index contributed by atoms with van der Waals surface area (Å²) in [5.41, 5.74) is 3.12. The third-order valence-electron chi connectivity index (χ3n) is 6.10. The highest BCUT2D eigenvalue weighted by Crippen LogP contribution is 2.73. The van der Waals surface area contributed by atoms with Crippen LogP contribution in [0, 0.1) is 29.1 Å². The molecular formula is C18H16N2O3. The zero-order valence-corrected chi connectivity index (χ0v) is 12.4. The van der Waals surface area contributed by atoms with Crippen LogP contribution in [0.2, 0.25) is 0 Å². The number of nitrogens with zero attached hydrogens (tertiary/aromatic N) is 1. The summed E-state index contributed by atoms with van der Waals surface area (Å²) in [6.07, 6.45) is 6.46. The minimum Gasteiger partial charge on any atom is -0.272 e. The molecule has 4 aliphatic rings. The first-order chi connectivity index (χ1) is 11.1. The van der Waals surface area contributed by atoms with E-state index in [2.05, 4.69) is 17.6 Å². The van der Waals surface area contributed by atoms with Crippen LogP contribution in [0.5, 0.6) is 0 Å². The SMILES string of the molecule is O=C(NN1C(=O)[C@@H]2[C@@H](C1=O)[C@@H]1C=C[C@H]2C12CC2)c1ccccc1. The van der Waals surface area contributed by atoms with Crippen LogP contribution >= 0.6 is 0 Å². The van der Waals surface area contributed by atoms with E-state index in [1.54, 1.807) is 24.3 Å². The van der Waals surface area contributed by atoms with Crippen molar-refractivity contribution in [2.45, 2.75) is 12.8 Å². The van der Waals surface area contributed by atoms with Crippen LogP contribution in [0.1, 0.15) is 23.2 Å². The third kappa shape index (κ3) is 1.49. The number of carbonyl (C=O) groups excluding carboxylic acids is 3. The third-order valence-corrected chi connectivity index (χ3v) is 6.10. The number of nitrogens with one attached hydrogen (secondary N) is 1. The van der Waals surface area contributed by atoms with Crippen molar-refractivity contribution in [2.24, 2.45) is 29.1 Å². The van der Waals surface area contributed by atoms with Gasteiger partial charge in [-0.05, 0) is 42.2 Å². The number of imide groups is 1. The fourth-order valence-electron chi connectivity index (χ4n) is 4.94. The summed E-state index contributed by atoms with van der Waals surface area (Å²) in [7, 11) is 0. The summed E-state index contributed by atoms with van der Waals surface area (Å²) in [4.78, 5) is 37.7. The van der Waals surface area contributed by atoms with Gasteiger partial charge in [0.1, 0.15) is 0 Å². The molecule has 3 fully saturated rings. The highest BCUT2D eigenvalue weighted by molar-refractivity contribution is 6.09. The van der Waals surface area contributed by atoms with Gasteiger partial charge in [0.15, 0.2) is 0 Å². The zero-order valence-electron chi connectivity index (χ0n) is 12.4. The fourth-order valence-corrected chi connectivity index (χ4v) is 4.94. The van der Waals surface area contributed by atoms with Crippen molar-refractivity contribution < 1.29 is 14.4 Å². The Morgan fingerprint density at radius 2 is 1.57 bits per heavy atom. The zero-order chi connectivity index (χ0) is 15.8. The van der Waals surface area contributed by atoms with Crippen molar-refractivity contribution in [2.75, 3.05) is 0 Å². The molecule has 1 spiro atoms. The molecule has 0 aromatic heterocycles. The lowest BCUT2D eigenvalue weighted by Crippen LogP contribution is -2.47. The highest BCUT2D eigenvalue weighted by atomic mass is 16.2. The van der Waals surface area contributed by atoms with Crippen LogP contribution in [0.3, 0.4) is 0 Å². The molecule has 0 unspecified atom stereocenters. The normalized spacial score (nSPS) is 35.0. The van der Waals surface area contributed by atoms with Gasteiger partial charge < -0.3 is 0 Å². The van der Waals surface area contributed by atoms with Gasteiger partial charge >= 0.3 is 0 Å². The lowest BCUT2D eigenvalue weighted by Gasteiger charge is -2.21. The average molecular weight is 308 g/mol. The molecule has 2 saturated carbocycles. The van der Waals surface area contributed by atoms with Crippen molar-refractivity contribution in [3.05, 3.63) is 48.0 Å². The predicted octanol–water partition coefficient (Wildman–Crippen LogP) is 1.53. The molecule has 23 heavy (non-hydrogen) atoms. The Morgan fingerprint density at radius 1 is 1.00 bits per heavy atom. The second-order valence-corrected chi connectivity index (χ2v) is 7.04. The van der Waals surface area contributed by atoms with Crippen LogP contribution in [0.25, 0.3) is 0 Å². The van der Waals surface area contributed by atoms with Gasteiger partial charge in [0.05, 0.1) is 11.8 Å². The lowest BCUT2D eigenvalue weighted by molar-refractivity contribution is -0.144. The molecule has 0 radical (unpaired) electrons. The molecule has 1 aromatic rings. The lowest BCUT2D eigenvalue weighted by atomic mass is 9.85. The molecule has 116 valence electrons. The quantitative estimate of drug-likeness (QED) is 0.665. The fraction of sp³-hybridized carbons (Fsp3) is 0.389. The maximum absolute atomic E-state index is 12.7. The molecule has 4 atom stereocenters. The molecule has 5 rings (SSSR count). The van der Waals surface area contributed by atoms with Crippen LogP contribution in [0.4, 0.5) is 0 Å². The Bertz CT molecular complexity index is 732. The van der Waals surface area contributed by atoms with Crippen molar-refractivity contribution in [3.63, 3.8) is 0 Å². The van der Waals surface area contributed by atoms with E-state index >= 15 is 0 Å². The first-order valence-corrected chi connectivity index (χ1v) is 8.06. The van der Waals surface area contributed by atoms with Crippen LogP contribution in [-0.4, -0.2) is 22.7 Å². The maximum atomic E-state index is 12.7. The highest BCUT2D eigenvalue weighted by Gasteiger charge is 2.73. The Morgan fingerprint density at radius 3 is 2.09 bits per heavy atom. The predicted molar refractivity (Wildman–Crippen MR) is 80.5 cm³/mol. The van der Waals surface area contributed by atoms with Crippen molar-refractivity contribution in [1.29, 1.82) is 0 Å². The molecule has 3 aliphatic carbocycles. The second kappa shape index (κ2) is 4.10. The number of fused-ring (bicyclic) bond motifs is 3. The molecule has 5 nitrogen and oxygen atoms in total. The molecule has 1 aromatic carbocycles. The largest absolute Gasteiger partial charge is 0.272 e. The average Bonchev–Trinajstić information content (AvgIpc) is 3.18. The Kier molecular flexibility index (Phi) is 2.33. The Labute approximate surface area is 133 Å². The molecule has 2 bridgehead atoms. The summed E-state index contributed by atoms with van der Waals surface area (Å²) in [6, 6.07) is 8.62. The monoisotopic (exact) mass is 308 g/mol. The standard InChI is InChI=1S/C18H16N2O3/c21-15(10-4-2-1-3-5-10)19-20-16(22)13-11-6-7-12(14(13)17(20)23)18(11)8-9-18/h1-7,11-14H,8-9H2,(H,19,21)/t11-,12+,13-,14-/m0/s1.